The van der Waals surface area contributed by atoms with Gasteiger partial charge in [0.05, 0.1) is 30.1 Å². The van der Waals surface area contributed by atoms with E-state index in [1.807, 2.05) is 25.1 Å². The molecule has 38 heavy (non-hydrogen) atoms. The van der Waals surface area contributed by atoms with Crippen LogP contribution in [0.3, 0.4) is 0 Å². The van der Waals surface area contributed by atoms with Crippen LogP contribution < -0.4 is 5.32 Å². The molecule has 0 fully saturated rings. The van der Waals surface area contributed by atoms with E-state index in [0.717, 1.165) is 6.54 Å². The third-order valence-corrected chi connectivity index (χ3v) is 6.58. The summed E-state index contributed by atoms with van der Waals surface area (Å²) >= 11 is 0. The minimum Gasteiger partial charge on any atom is -0.466 e. The highest BCUT2D eigenvalue weighted by Gasteiger charge is 2.37. The molecule has 1 unspecified atom stereocenters. The summed E-state index contributed by atoms with van der Waals surface area (Å²) in [4.78, 5) is 30.9. The van der Waals surface area contributed by atoms with E-state index in [2.05, 4.69) is 41.4 Å². The van der Waals surface area contributed by atoms with E-state index in [9.17, 15) is 14.9 Å². The van der Waals surface area contributed by atoms with Gasteiger partial charge in [-0.2, -0.15) is 4.98 Å². The predicted molar refractivity (Wildman–Crippen MR) is 141 cm³/mol. The molecule has 1 aromatic heterocycles. The lowest BCUT2D eigenvalue weighted by Crippen LogP contribution is -2.30. The molecule has 10 heteroatoms. The number of esters is 1. The van der Waals surface area contributed by atoms with Crippen molar-refractivity contribution in [1.82, 2.24) is 20.4 Å². The van der Waals surface area contributed by atoms with Crippen LogP contribution in [0.25, 0.3) is 5.57 Å². The first-order chi connectivity index (χ1) is 18.2. The highest BCUT2D eigenvalue weighted by atomic mass is 16.6. The average Bonchev–Trinajstić information content (AvgIpc) is 3.36. The zero-order chi connectivity index (χ0) is 27.4. The number of ether oxygens (including phenoxy) is 1. The summed E-state index contributed by atoms with van der Waals surface area (Å²) < 4.78 is 10.8. The second-order valence-electron chi connectivity index (χ2n) is 9.48. The molecule has 0 amide bonds. The average molecular weight is 518 g/mol. The van der Waals surface area contributed by atoms with Gasteiger partial charge in [-0.3, -0.25) is 15.0 Å². The Morgan fingerprint density at radius 2 is 1.87 bits per heavy atom. The zero-order valence-corrected chi connectivity index (χ0v) is 22.1. The molecule has 2 heterocycles. The summed E-state index contributed by atoms with van der Waals surface area (Å²) in [5, 5.41) is 19.0. The Hall–Kier alpha value is -4.31. The molecule has 10 nitrogen and oxygen atoms in total. The Kier molecular flexibility index (Phi) is 8.02. The van der Waals surface area contributed by atoms with Crippen molar-refractivity contribution in [3.05, 3.63) is 105 Å². The van der Waals surface area contributed by atoms with Crippen LogP contribution in [0.2, 0.25) is 0 Å². The molecule has 2 aromatic carbocycles. The standard InChI is InChI=1S/C28H31N5O5/c1-17(2)32(15-20-10-7-6-8-11-20)16-23-30-27(38-31-23)24-18(3)29-19(4)25(28(34)37-5)26(24)21-12-9-13-22(14-21)33(35)36/h6-14,17,26,29H,15-16H2,1-5H3. The minimum absolute atomic E-state index is 0.0837. The molecular formula is C28H31N5O5. The molecule has 1 N–H and O–H groups in total. The van der Waals surface area contributed by atoms with Crippen LogP contribution in [0, 0.1) is 10.1 Å². The maximum Gasteiger partial charge on any atom is 0.336 e. The number of nitrogens with one attached hydrogen (secondary N) is 1. The first-order valence-corrected chi connectivity index (χ1v) is 12.3. The highest BCUT2D eigenvalue weighted by molar-refractivity contribution is 5.96. The summed E-state index contributed by atoms with van der Waals surface area (Å²) in [6, 6.07) is 16.6. The van der Waals surface area contributed by atoms with E-state index < -0.39 is 16.8 Å². The van der Waals surface area contributed by atoms with Gasteiger partial charge in [-0.15, -0.1) is 0 Å². The van der Waals surface area contributed by atoms with Crippen LogP contribution in [0.1, 0.15) is 56.5 Å². The normalized spacial score (nSPS) is 15.7. The van der Waals surface area contributed by atoms with Crippen LogP contribution in [-0.2, 0) is 22.6 Å². The quantitative estimate of drug-likeness (QED) is 0.238. The Balaban J connectivity index is 1.72. The smallest absolute Gasteiger partial charge is 0.336 e. The fourth-order valence-corrected chi connectivity index (χ4v) is 4.66. The number of dihydropyridines is 1. The van der Waals surface area contributed by atoms with Gasteiger partial charge in [-0.1, -0.05) is 47.6 Å². The van der Waals surface area contributed by atoms with Crippen molar-refractivity contribution >= 4 is 17.2 Å². The monoisotopic (exact) mass is 517 g/mol. The first-order valence-electron chi connectivity index (χ1n) is 12.3. The molecule has 0 aliphatic carbocycles. The maximum atomic E-state index is 12.9. The van der Waals surface area contributed by atoms with Gasteiger partial charge in [-0.05, 0) is 38.8 Å². The number of hydrogen-bond acceptors (Lipinski definition) is 9. The fourth-order valence-electron chi connectivity index (χ4n) is 4.66. The minimum atomic E-state index is -0.706. The Bertz CT molecular complexity index is 1390. The van der Waals surface area contributed by atoms with Gasteiger partial charge in [0.15, 0.2) is 5.82 Å². The number of rotatable bonds is 9. The predicted octanol–water partition coefficient (Wildman–Crippen LogP) is 4.95. The third kappa shape index (κ3) is 5.65. The van der Waals surface area contributed by atoms with E-state index in [1.165, 1.54) is 24.8 Å². The maximum absolute atomic E-state index is 12.9. The number of hydrogen-bond donors (Lipinski definition) is 1. The van der Waals surface area contributed by atoms with Gasteiger partial charge in [0, 0.05) is 41.7 Å². The van der Waals surface area contributed by atoms with Crippen molar-refractivity contribution in [3.8, 4) is 0 Å². The molecule has 0 saturated carbocycles. The number of carbonyl (C=O) groups is 1. The highest BCUT2D eigenvalue weighted by Crippen LogP contribution is 2.43. The topological polar surface area (TPSA) is 124 Å². The SMILES string of the molecule is COC(=O)C1=C(C)NC(C)=C(c2nc(CN(Cc3ccccc3)C(C)C)no2)C1c1cccc([N+](=O)[O-])c1. The number of nitro groups is 1. The molecule has 0 spiro atoms. The second-order valence-corrected chi connectivity index (χ2v) is 9.48. The van der Waals surface area contributed by atoms with Gasteiger partial charge in [0.2, 0.25) is 0 Å². The largest absolute Gasteiger partial charge is 0.466 e. The summed E-state index contributed by atoms with van der Waals surface area (Å²) in [5.74, 6) is -0.528. The number of aromatic nitrogens is 2. The van der Waals surface area contributed by atoms with Crippen LogP contribution in [0.5, 0.6) is 0 Å². The van der Waals surface area contributed by atoms with E-state index >= 15 is 0 Å². The van der Waals surface area contributed by atoms with Crippen molar-refractivity contribution in [2.24, 2.45) is 0 Å². The Morgan fingerprint density at radius 1 is 1.13 bits per heavy atom. The van der Waals surface area contributed by atoms with Crippen molar-refractivity contribution in [3.63, 3.8) is 0 Å². The van der Waals surface area contributed by atoms with Crippen molar-refractivity contribution in [2.75, 3.05) is 7.11 Å². The number of nitrogens with zero attached hydrogens (tertiary/aromatic N) is 4. The number of carbonyl (C=O) groups excluding carboxylic acids is 1. The summed E-state index contributed by atoms with van der Waals surface area (Å²) in [7, 11) is 1.30. The molecule has 0 bridgehead atoms. The van der Waals surface area contributed by atoms with Crippen molar-refractivity contribution < 1.29 is 19.0 Å². The Labute approximate surface area is 221 Å². The van der Waals surface area contributed by atoms with E-state index in [4.69, 9.17) is 14.2 Å². The fraction of sp³-hybridized carbons (Fsp3) is 0.321. The molecule has 198 valence electrons. The third-order valence-electron chi connectivity index (χ3n) is 6.58. The van der Waals surface area contributed by atoms with E-state index in [1.54, 1.807) is 19.1 Å². The molecule has 1 aliphatic rings. The number of methoxy groups -OCH3 is 1. The summed E-state index contributed by atoms with van der Waals surface area (Å²) in [5.41, 5.74) is 3.81. The second kappa shape index (κ2) is 11.4. The van der Waals surface area contributed by atoms with Crippen LogP contribution in [0.4, 0.5) is 5.69 Å². The van der Waals surface area contributed by atoms with Gasteiger partial charge < -0.3 is 14.6 Å². The molecule has 1 aliphatic heterocycles. The Morgan fingerprint density at radius 3 is 2.53 bits per heavy atom. The number of nitro benzene ring substituents is 1. The number of allylic oxidation sites excluding steroid dienone is 3. The van der Waals surface area contributed by atoms with Gasteiger partial charge in [-0.25, -0.2) is 4.79 Å². The molecule has 0 saturated heterocycles. The first kappa shape index (κ1) is 26.7. The van der Waals surface area contributed by atoms with Crippen molar-refractivity contribution in [1.29, 1.82) is 0 Å². The van der Waals surface area contributed by atoms with E-state index in [-0.39, 0.29) is 17.6 Å². The van der Waals surface area contributed by atoms with Crippen molar-refractivity contribution in [2.45, 2.75) is 52.7 Å². The number of non-ortho nitro benzene ring substituents is 1. The van der Waals surface area contributed by atoms with Crippen LogP contribution >= 0.6 is 0 Å². The molecule has 0 radical (unpaired) electrons. The van der Waals surface area contributed by atoms with Gasteiger partial charge in [0.25, 0.3) is 11.6 Å². The van der Waals surface area contributed by atoms with Gasteiger partial charge in [0.1, 0.15) is 0 Å². The lowest BCUT2D eigenvalue weighted by molar-refractivity contribution is -0.384. The van der Waals surface area contributed by atoms with Crippen LogP contribution in [-0.4, -0.2) is 39.1 Å². The number of benzene rings is 2. The summed E-state index contributed by atoms with van der Waals surface area (Å²) in [6.07, 6.45) is 0. The molecule has 1 atom stereocenters. The molecular weight excluding hydrogens is 486 g/mol. The molecule has 4 rings (SSSR count). The lowest BCUT2D eigenvalue weighted by Gasteiger charge is -2.29. The van der Waals surface area contributed by atoms with E-state index in [0.29, 0.717) is 40.5 Å². The van der Waals surface area contributed by atoms with Gasteiger partial charge >= 0.3 is 5.97 Å². The van der Waals surface area contributed by atoms with Crippen LogP contribution in [0.15, 0.2) is 76.1 Å². The summed E-state index contributed by atoms with van der Waals surface area (Å²) in [6.45, 7) is 9.00. The zero-order valence-electron chi connectivity index (χ0n) is 22.1. The molecule has 3 aromatic rings. The lowest BCUT2D eigenvalue weighted by atomic mass is 9.80.